The molecular weight excluding hydrogens is 250 g/mol. The fourth-order valence-electron chi connectivity index (χ4n) is 2.20. The molecule has 0 aliphatic heterocycles. The lowest BCUT2D eigenvalue weighted by Crippen LogP contribution is -2.28. The van der Waals surface area contributed by atoms with Crippen molar-refractivity contribution in [2.45, 2.75) is 57.6 Å². The lowest BCUT2D eigenvalue weighted by Gasteiger charge is -2.26. The van der Waals surface area contributed by atoms with Gasteiger partial charge in [-0.05, 0) is 25.7 Å². The van der Waals surface area contributed by atoms with Crippen LogP contribution >= 0.6 is 11.6 Å². The molecule has 5 heteroatoms. The van der Waals surface area contributed by atoms with Crippen molar-refractivity contribution in [3.05, 3.63) is 17.0 Å². The maximum Gasteiger partial charge on any atom is 0.135 e. The van der Waals surface area contributed by atoms with Crippen molar-refractivity contribution in [1.29, 1.82) is 0 Å². The average molecular weight is 270 g/mol. The predicted octanol–water partition coefficient (Wildman–Crippen LogP) is 2.97. The van der Waals surface area contributed by atoms with Crippen LogP contribution in [-0.4, -0.2) is 27.2 Å². The van der Waals surface area contributed by atoms with Crippen molar-refractivity contribution in [3.63, 3.8) is 0 Å². The smallest absolute Gasteiger partial charge is 0.135 e. The maximum absolute atomic E-state index is 9.48. The highest BCUT2D eigenvalue weighted by Gasteiger charge is 2.19. The number of aliphatic hydroxyl groups is 1. The molecule has 1 heterocycles. The van der Waals surface area contributed by atoms with E-state index in [1.165, 1.54) is 0 Å². The van der Waals surface area contributed by atoms with Crippen molar-refractivity contribution >= 4 is 17.4 Å². The number of halogens is 1. The van der Waals surface area contributed by atoms with Crippen LogP contribution in [0.2, 0.25) is 5.15 Å². The zero-order chi connectivity index (χ0) is 13.1. The number of aromatic nitrogens is 2. The lowest BCUT2D eigenvalue weighted by molar-refractivity contribution is 0.126. The highest BCUT2D eigenvalue weighted by Crippen LogP contribution is 2.23. The van der Waals surface area contributed by atoms with Gasteiger partial charge in [-0.2, -0.15) is 0 Å². The van der Waals surface area contributed by atoms with Crippen LogP contribution in [0.25, 0.3) is 0 Å². The van der Waals surface area contributed by atoms with Crippen molar-refractivity contribution in [2.24, 2.45) is 0 Å². The molecule has 0 atom stereocenters. The summed E-state index contributed by atoms with van der Waals surface area (Å²) >= 11 is 6.00. The van der Waals surface area contributed by atoms with Gasteiger partial charge in [-0.25, -0.2) is 9.97 Å². The highest BCUT2D eigenvalue weighted by molar-refractivity contribution is 6.29. The van der Waals surface area contributed by atoms with E-state index < -0.39 is 0 Å². The van der Waals surface area contributed by atoms with Crippen molar-refractivity contribution < 1.29 is 5.11 Å². The molecule has 0 radical (unpaired) electrons. The van der Waals surface area contributed by atoms with Gasteiger partial charge in [0, 0.05) is 18.0 Å². The van der Waals surface area contributed by atoms with Crippen LogP contribution in [-0.2, 0) is 0 Å². The molecule has 1 aliphatic carbocycles. The molecule has 0 amide bonds. The molecule has 2 N–H and O–H groups in total. The van der Waals surface area contributed by atoms with Crippen molar-refractivity contribution in [1.82, 2.24) is 9.97 Å². The van der Waals surface area contributed by atoms with Crippen LogP contribution in [0.4, 0.5) is 5.82 Å². The number of hydrogen-bond donors (Lipinski definition) is 2. The molecular formula is C13H20ClN3O. The first-order valence-corrected chi connectivity index (χ1v) is 6.91. The summed E-state index contributed by atoms with van der Waals surface area (Å²) in [5, 5.41) is 13.3. The van der Waals surface area contributed by atoms with E-state index in [2.05, 4.69) is 15.3 Å². The van der Waals surface area contributed by atoms with E-state index >= 15 is 0 Å². The molecule has 1 fully saturated rings. The summed E-state index contributed by atoms with van der Waals surface area (Å²) in [5.41, 5.74) is 0. The Morgan fingerprint density at radius 1 is 1.28 bits per heavy atom. The normalized spacial score (nSPS) is 24.3. The summed E-state index contributed by atoms with van der Waals surface area (Å²) in [6.45, 7) is 4.10. The second kappa shape index (κ2) is 5.85. The molecule has 0 spiro atoms. The molecule has 1 aromatic heterocycles. The van der Waals surface area contributed by atoms with Gasteiger partial charge >= 0.3 is 0 Å². The molecule has 0 saturated heterocycles. The van der Waals surface area contributed by atoms with Gasteiger partial charge in [0.1, 0.15) is 16.8 Å². The Morgan fingerprint density at radius 2 is 1.94 bits per heavy atom. The summed E-state index contributed by atoms with van der Waals surface area (Å²) < 4.78 is 0. The van der Waals surface area contributed by atoms with Gasteiger partial charge in [-0.15, -0.1) is 0 Å². The van der Waals surface area contributed by atoms with E-state index in [0.717, 1.165) is 37.3 Å². The molecule has 100 valence electrons. The first kappa shape index (κ1) is 13.6. The summed E-state index contributed by atoms with van der Waals surface area (Å²) in [5.74, 6) is 1.82. The van der Waals surface area contributed by atoms with Crippen LogP contribution in [0.1, 0.15) is 51.3 Å². The first-order chi connectivity index (χ1) is 8.54. The molecule has 4 nitrogen and oxygen atoms in total. The molecule has 1 aromatic rings. The van der Waals surface area contributed by atoms with Crippen LogP contribution in [0.15, 0.2) is 6.07 Å². The van der Waals surface area contributed by atoms with Crippen molar-refractivity contribution in [2.75, 3.05) is 5.32 Å². The highest BCUT2D eigenvalue weighted by atomic mass is 35.5. The minimum Gasteiger partial charge on any atom is -0.393 e. The Labute approximate surface area is 113 Å². The van der Waals surface area contributed by atoms with Gasteiger partial charge in [0.05, 0.1) is 6.10 Å². The molecule has 0 unspecified atom stereocenters. The van der Waals surface area contributed by atoms with E-state index in [0.29, 0.717) is 11.2 Å². The number of aliphatic hydroxyl groups excluding tert-OH is 1. The number of nitrogens with zero attached hydrogens (tertiary/aromatic N) is 2. The molecule has 2 rings (SSSR count). The summed E-state index contributed by atoms with van der Waals surface area (Å²) in [4.78, 5) is 8.69. The van der Waals surface area contributed by atoms with Gasteiger partial charge in [0.2, 0.25) is 0 Å². The van der Waals surface area contributed by atoms with E-state index in [9.17, 15) is 5.11 Å². The summed E-state index contributed by atoms with van der Waals surface area (Å²) in [6.07, 6.45) is 3.52. The number of rotatable bonds is 3. The van der Waals surface area contributed by atoms with Crippen LogP contribution in [0, 0.1) is 0 Å². The Hall–Kier alpha value is -0.870. The van der Waals surface area contributed by atoms with E-state index in [1.54, 1.807) is 6.07 Å². The van der Waals surface area contributed by atoms with E-state index in [1.807, 2.05) is 13.8 Å². The van der Waals surface area contributed by atoms with Crippen LogP contribution < -0.4 is 5.32 Å². The third kappa shape index (κ3) is 3.56. The van der Waals surface area contributed by atoms with Gasteiger partial charge in [-0.1, -0.05) is 25.4 Å². The molecule has 18 heavy (non-hydrogen) atoms. The Balaban J connectivity index is 2.04. The predicted molar refractivity (Wildman–Crippen MR) is 73.0 cm³/mol. The first-order valence-electron chi connectivity index (χ1n) is 6.53. The van der Waals surface area contributed by atoms with Gasteiger partial charge in [0.15, 0.2) is 0 Å². The van der Waals surface area contributed by atoms with Crippen LogP contribution in [0.3, 0.4) is 0 Å². The van der Waals surface area contributed by atoms with E-state index in [-0.39, 0.29) is 12.0 Å². The average Bonchev–Trinajstić information content (AvgIpc) is 2.31. The Bertz CT molecular complexity index is 403. The van der Waals surface area contributed by atoms with Gasteiger partial charge in [0.25, 0.3) is 0 Å². The standard InChI is InChI=1S/C13H20ClN3O/c1-8(2)13-16-11(14)7-12(17-13)15-9-3-5-10(18)6-4-9/h7-10,18H,3-6H2,1-2H3,(H,15,16,17). The number of nitrogens with one attached hydrogen (secondary N) is 1. The molecule has 1 aliphatic rings. The van der Waals surface area contributed by atoms with Gasteiger partial charge in [-0.3, -0.25) is 0 Å². The molecule has 0 aromatic carbocycles. The fourth-order valence-corrected chi connectivity index (χ4v) is 2.39. The van der Waals surface area contributed by atoms with Crippen molar-refractivity contribution in [3.8, 4) is 0 Å². The number of hydrogen-bond acceptors (Lipinski definition) is 4. The molecule has 0 bridgehead atoms. The quantitative estimate of drug-likeness (QED) is 0.829. The maximum atomic E-state index is 9.48. The topological polar surface area (TPSA) is 58.0 Å². The Morgan fingerprint density at radius 3 is 2.56 bits per heavy atom. The Kier molecular flexibility index (Phi) is 4.40. The fraction of sp³-hybridized carbons (Fsp3) is 0.692. The van der Waals surface area contributed by atoms with Crippen LogP contribution in [0.5, 0.6) is 0 Å². The number of anilines is 1. The second-order valence-electron chi connectivity index (χ2n) is 5.24. The lowest BCUT2D eigenvalue weighted by atomic mass is 9.93. The van der Waals surface area contributed by atoms with E-state index in [4.69, 9.17) is 11.6 Å². The second-order valence-corrected chi connectivity index (χ2v) is 5.63. The zero-order valence-electron chi connectivity index (χ0n) is 10.9. The SMILES string of the molecule is CC(C)c1nc(Cl)cc(NC2CCC(O)CC2)n1. The summed E-state index contributed by atoms with van der Waals surface area (Å²) in [7, 11) is 0. The summed E-state index contributed by atoms with van der Waals surface area (Å²) in [6, 6.07) is 2.14. The largest absolute Gasteiger partial charge is 0.393 e. The third-order valence-corrected chi connectivity index (χ3v) is 3.47. The minimum atomic E-state index is -0.136. The zero-order valence-corrected chi connectivity index (χ0v) is 11.6. The third-order valence-electron chi connectivity index (χ3n) is 3.28. The minimum absolute atomic E-state index is 0.136. The van der Waals surface area contributed by atoms with Gasteiger partial charge < -0.3 is 10.4 Å². The monoisotopic (exact) mass is 269 g/mol. The molecule has 1 saturated carbocycles.